The Bertz CT molecular complexity index is 202. The second-order valence-electron chi connectivity index (χ2n) is 5.30. The first-order chi connectivity index (χ1) is 8.72. The Morgan fingerprint density at radius 1 is 1.33 bits per heavy atom. The zero-order valence-corrected chi connectivity index (χ0v) is 12.6. The lowest BCUT2D eigenvalue weighted by Crippen LogP contribution is -2.51. The molecule has 2 atom stereocenters. The first-order valence-electron chi connectivity index (χ1n) is 7.62. The summed E-state index contributed by atoms with van der Waals surface area (Å²) in [5.74, 6) is 0. The van der Waals surface area contributed by atoms with Crippen LogP contribution < -0.4 is 5.32 Å². The molecule has 3 heteroatoms. The van der Waals surface area contributed by atoms with E-state index in [4.69, 9.17) is 9.47 Å². The molecule has 0 bridgehead atoms. The Hall–Kier alpha value is -0.120. The van der Waals surface area contributed by atoms with Crippen LogP contribution in [-0.4, -0.2) is 38.0 Å². The maximum absolute atomic E-state index is 5.86. The van der Waals surface area contributed by atoms with Crippen molar-refractivity contribution >= 4 is 0 Å². The van der Waals surface area contributed by atoms with Crippen molar-refractivity contribution in [1.82, 2.24) is 5.32 Å². The fourth-order valence-corrected chi connectivity index (χ4v) is 3.20. The van der Waals surface area contributed by atoms with E-state index >= 15 is 0 Å². The molecule has 0 amide bonds. The molecule has 0 radical (unpaired) electrons. The highest BCUT2D eigenvalue weighted by atomic mass is 16.5. The molecule has 0 aromatic rings. The number of ether oxygens (including phenoxy) is 2. The summed E-state index contributed by atoms with van der Waals surface area (Å²) in [6, 6.07) is 0.437. The number of methoxy groups -OCH3 is 1. The van der Waals surface area contributed by atoms with Gasteiger partial charge in [0.15, 0.2) is 0 Å². The zero-order valence-electron chi connectivity index (χ0n) is 12.6. The van der Waals surface area contributed by atoms with Crippen molar-refractivity contribution in [2.75, 3.05) is 20.3 Å². The van der Waals surface area contributed by atoms with Crippen LogP contribution in [0, 0.1) is 0 Å². The van der Waals surface area contributed by atoms with Crippen molar-refractivity contribution in [3.63, 3.8) is 0 Å². The van der Waals surface area contributed by atoms with Gasteiger partial charge in [0.1, 0.15) is 0 Å². The minimum atomic E-state index is -0.0192. The summed E-state index contributed by atoms with van der Waals surface area (Å²) < 4.78 is 11.6. The fraction of sp³-hybridized carbons (Fsp3) is 1.00. The number of rotatable bonds is 9. The average Bonchev–Trinajstić information content (AvgIpc) is 2.91. The van der Waals surface area contributed by atoms with Gasteiger partial charge in [-0.05, 0) is 45.1 Å². The van der Waals surface area contributed by atoms with Crippen LogP contribution in [-0.2, 0) is 9.47 Å². The van der Waals surface area contributed by atoms with E-state index in [0.717, 1.165) is 38.8 Å². The zero-order chi connectivity index (χ0) is 13.4. The average molecular weight is 257 g/mol. The number of nitrogens with one attached hydrogen (secondary N) is 1. The summed E-state index contributed by atoms with van der Waals surface area (Å²) in [4.78, 5) is 0. The van der Waals surface area contributed by atoms with Gasteiger partial charge in [0.2, 0.25) is 0 Å². The third-order valence-electron chi connectivity index (χ3n) is 4.49. The monoisotopic (exact) mass is 257 g/mol. The molecule has 108 valence electrons. The molecule has 1 N–H and O–H groups in total. The molecule has 1 rings (SSSR count). The minimum Gasteiger partial charge on any atom is -0.378 e. The molecule has 0 aromatic carbocycles. The van der Waals surface area contributed by atoms with Gasteiger partial charge in [0, 0.05) is 19.8 Å². The van der Waals surface area contributed by atoms with E-state index < -0.39 is 0 Å². The van der Waals surface area contributed by atoms with Crippen LogP contribution in [0.3, 0.4) is 0 Å². The Labute approximate surface area is 113 Å². The lowest BCUT2D eigenvalue weighted by Gasteiger charge is -2.39. The Morgan fingerprint density at radius 3 is 2.50 bits per heavy atom. The van der Waals surface area contributed by atoms with Crippen LogP contribution in [0.2, 0.25) is 0 Å². The highest BCUT2D eigenvalue weighted by Crippen LogP contribution is 2.28. The topological polar surface area (TPSA) is 30.5 Å². The van der Waals surface area contributed by atoms with Crippen LogP contribution in [0.15, 0.2) is 0 Å². The molecular weight excluding hydrogens is 226 g/mol. The standard InChI is InChI=1S/C15H31NO2/c1-5-15(6-2,17-4)14(16-7-3)11-10-13-9-8-12-18-13/h13-14,16H,5-12H2,1-4H3. The first-order valence-corrected chi connectivity index (χ1v) is 7.62. The van der Waals surface area contributed by atoms with Crippen LogP contribution in [0.4, 0.5) is 0 Å². The van der Waals surface area contributed by atoms with Crippen molar-refractivity contribution in [2.24, 2.45) is 0 Å². The molecule has 1 aliphatic heterocycles. The van der Waals surface area contributed by atoms with Crippen LogP contribution in [0.1, 0.15) is 59.3 Å². The summed E-state index contributed by atoms with van der Waals surface area (Å²) in [6.45, 7) is 8.58. The molecule has 1 saturated heterocycles. The second-order valence-corrected chi connectivity index (χ2v) is 5.30. The number of likely N-dealkylation sites (N-methyl/N-ethyl adjacent to an activating group) is 1. The number of hydrogen-bond donors (Lipinski definition) is 1. The third-order valence-corrected chi connectivity index (χ3v) is 4.49. The first kappa shape index (κ1) is 15.9. The minimum absolute atomic E-state index is 0.0192. The van der Waals surface area contributed by atoms with Gasteiger partial charge in [0.05, 0.1) is 11.7 Å². The highest BCUT2D eigenvalue weighted by molar-refractivity contribution is 4.91. The van der Waals surface area contributed by atoms with Crippen LogP contribution in [0.25, 0.3) is 0 Å². The maximum atomic E-state index is 5.86. The van der Waals surface area contributed by atoms with E-state index in [1.807, 2.05) is 7.11 Å². The smallest absolute Gasteiger partial charge is 0.0825 e. The van der Waals surface area contributed by atoms with Crippen LogP contribution >= 0.6 is 0 Å². The van der Waals surface area contributed by atoms with Gasteiger partial charge in [0.25, 0.3) is 0 Å². The van der Waals surface area contributed by atoms with E-state index in [0.29, 0.717) is 12.1 Å². The van der Waals surface area contributed by atoms with Crippen molar-refractivity contribution in [1.29, 1.82) is 0 Å². The van der Waals surface area contributed by atoms with E-state index in [2.05, 4.69) is 26.1 Å². The molecule has 0 aliphatic carbocycles. The van der Waals surface area contributed by atoms with E-state index in [-0.39, 0.29) is 5.60 Å². The fourth-order valence-electron chi connectivity index (χ4n) is 3.20. The molecule has 1 aliphatic rings. The Morgan fingerprint density at radius 2 is 2.06 bits per heavy atom. The quantitative estimate of drug-likeness (QED) is 0.688. The Balaban J connectivity index is 2.55. The Kier molecular flexibility index (Phi) is 7.20. The molecular formula is C15H31NO2. The summed E-state index contributed by atoms with van der Waals surface area (Å²) >= 11 is 0. The second kappa shape index (κ2) is 8.13. The van der Waals surface area contributed by atoms with Crippen LogP contribution in [0.5, 0.6) is 0 Å². The molecule has 3 nitrogen and oxygen atoms in total. The maximum Gasteiger partial charge on any atom is 0.0825 e. The van der Waals surface area contributed by atoms with E-state index in [1.165, 1.54) is 12.8 Å². The summed E-state index contributed by atoms with van der Waals surface area (Å²) in [7, 11) is 1.85. The van der Waals surface area contributed by atoms with Gasteiger partial charge in [-0.2, -0.15) is 0 Å². The van der Waals surface area contributed by atoms with Crippen molar-refractivity contribution < 1.29 is 9.47 Å². The normalized spacial score (nSPS) is 22.3. The third kappa shape index (κ3) is 3.94. The highest BCUT2D eigenvalue weighted by Gasteiger charge is 2.35. The SMILES string of the molecule is CCNC(CCC1CCCO1)C(CC)(CC)OC. The summed E-state index contributed by atoms with van der Waals surface area (Å²) in [6.07, 6.45) is 7.36. The van der Waals surface area contributed by atoms with Crippen molar-refractivity contribution in [3.8, 4) is 0 Å². The van der Waals surface area contributed by atoms with Gasteiger partial charge in [-0.15, -0.1) is 0 Å². The van der Waals surface area contributed by atoms with E-state index in [1.54, 1.807) is 0 Å². The number of hydrogen-bond acceptors (Lipinski definition) is 3. The lowest BCUT2D eigenvalue weighted by atomic mass is 9.84. The van der Waals surface area contributed by atoms with Crippen molar-refractivity contribution in [3.05, 3.63) is 0 Å². The predicted octanol–water partition coefficient (Wildman–Crippen LogP) is 3.13. The van der Waals surface area contributed by atoms with Gasteiger partial charge in [-0.1, -0.05) is 20.8 Å². The molecule has 0 saturated carbocycles. The van der Waals surface area contributed by atoms with Crippen molar-refractivity contribution in [2.45, 2.75) is 77.0 Å². The van der Waals surface area contributed by atoms with Gasteiger partial charge >= 0.3 is 0 Å². The van der Waals surface area contributed by atoms with E-state index in [9.17, 15) is 0 Å². The summed E-state index contributed by atoms with van der Waals surface area (Å²) in [5.41, 5.74) is -0.0192. The largest absolute Gasteiger partial charge is 0.378 e. The molecule has 1 heterocycles. The van der Waals surface area contributed by atoms with Gasteiger partial charge < -0.3 is 14.8 Å². The predicted molar refractivity (Wildman–Crippen MR) is 76.0 cm³/mol. The summed E-state index contributed by atoms with van der Waals surface area (Å²) in [5, 5.41) is 3.62. The van der Waals surface area contributed by atoms with Gasteiger partial charge in [-0.25, -0.2) is 0 Å². The molecule has 18 heavy (non-hydrogen) atoms. The van der Waals surface area contributed by atoms with Gasteiger partial charge in [-0.3, -0.25) is 0 Å². The molecule has 1 fully saturated rings. The molecule has 0 spiro atoms. The molecule has 0 aromatic heterocycles. The molecule has 2 unspecified atom stereocenters. The lowest BCUT2D eigenvalue weighted by molar-refractivity contribution is -0.0520.